The van der Waals surface area contributed by atoms with Gasteiger partial charge in [-0.15, -0.1) is 0 Å². The van der Waals surface area contributed by atoms with Crippen molar-refractivity contribution in [2.75, 3.05) is 0 Å². The van der Waals surface area contributed by atoms with Gasteiger partial charge in [-0.2, -0.15) is 0 Å². The zero-order valence-corrected chi connectivity index (χ0v) is 10.8. The van der Waals surface area contributed by atoms with Crippen molar-refractivity contribution in [1.29, 1.82) is 0 Å². The van der Waals surface area contributed by atoms with Crippen LogP contribution in [0.3, 0.4) is 0 Å². The Morgan fingerprint density at radius 3 is 2.29 bits per heavy atom. The molecule has 1 unspecified atom stereocenters. The minimum atomic E-state index is -0.560. The number of hydrogen-bond acceptors (Lipinski definition) is 3. The smallest absolute Gasteiger partial charge is 0.419 e. The van der Waals surface area contributed by atoms with Gasteiger partial charge in [0.25, 0.3) is 0 Å². The number of benzene rings is 1. The summed E-state index contributed by atoms with van der Waals surface area (Å²) in [5.74, 6) is 0. The van der Waals surface area contributed by atoms with Gasteiger partial charge < -0.3 is 9.47 Å². The summed E-state index contributed by atoms with van der Waals surface area (Å²) in [7, 11) is 0. The zero-order valence-electron chi connectivity index (χ0n) is 10.8. The van der Waals surface area contributed by atoms with Gasteiger partial charge in [-0.3, -0.25) is 0 Å². The lowest BCUT2D eigenvalue weighted by atomic mass is 9.87. The first kappa shape index (κ1) is 13.7. The van der Waals surface area contributed by atoms with Crippen LogP contribution in [0.5, 0.6) is 0 Å². The number of ether oxygens (including phenoxy) is 2. The van der Waals surface area contributed by atoms with Gasteiger partial charge in [0.1, 0.15) is 0 Å². The molecule has 0 spiro atoms. The molecule has 3 heteroatoms. The van der Waals surface area contributed by atoms with Crippen molar-refractivity contribution >= 4 is 6.47 Å². The molecule has 1 rings (SSSR count). The Labute approximate surface area is 103 Å². The normalized spacial score (nSPS) is 13.2. The zero-order chi connectivity index (χ0) is 12.9. The molecule has 0 amide bonds. The van der Waals surface area contributed by atoms with Gasteiger partial charge in [0.05, 0.1) is 6.61 Å². The van der Waals surface area contributed by atoms with Crippen LogP contribution in [0, 0.1) is 0 Å². The standard InChI is InChI=1S/C14H19O3/c1-11(17-10-15)16-9-12-5-7-13(8-6-12)14(2,3)4/h5-8,11H,9H2,1-4H3. The fourth-order valence-electron chi connectivity index (χ4n) is 1.42. The highest BCUT2D eigenvalue weighted by Crippen LogP contribution is 2.22. The van der Waals surface area contributed by atoms with Crippen LogP contribution >= 0.6 is 0 Å². The average molecular weight is 235 g/mol. The van der Waals surface area contributed by atoms with Crippen LogP contribution in [0.2, 0.25) is 0 Å². The van der Waals surface area contributed by atoms with Crippen LogP contribution in [0.4, 0.5) is 0 Å². The lowest BCUT2D eigenvalue weighted by Gasteiger charge is -2.19. The highest BCUT2D eigenvalue weighted by Gasteiger charge is 2.12. The van der Waals surface area contributed by atoms with Gasteiger partial charge >= 0.3 is 6.47 Å². The van der Waals surface area contributed by atoms with Crippen LogP contribution < -0.4 is 0 Å². The third-order valence-corrected chi connectivity index (χ3v) is 2.52. The summed E-state index contributed by atoms with van der Waals surface area (Å²) in [6, 6.07) is 8.24. The SMILES string of the molecule is CC(O[C]=O)OCc1ccc(C(C)(C)C)cc1. The third kappa shape index (κ3) is 4.57. The summed E-state index contributed by atoms with van der Waals surface area (Å²) in [4.78, 5) is 9.95. The molecule has 17 heavy (non-hydrogen) atoms. The van der Waals surface area contributed by atoms with Gasteiger partial charge in [-0.05, 0) is 23.5 Å². The first-order valence-corrected chi connectivity index (χ1v) is 5.67. The Balaban J connectivity index is 2.54. The van der Waals surface area contributed by atoms with E-state index >= 15 is 0 Å². The van der Waals surface area contributed by atoms with Gasteiger partial charge in [0.2, 0.25) is 6.29 Å². The highest BCUT2D eigenvalue weighted by atomic mass is 16.7. The Hall–Kier alpha value is -1.35. The van der Waals surface area contributed by atoms with E-state index in [9.17, 15) is 4.79 Å². The van der Waals surface area contributed by atoms with Crippen LogP contribution in [-0.2, 0) is 26.3 Å². The van der Waals surface area contributed by atoms with Crippen LogP contribution in [0.15, 0.2) is 24.3 Å². The van der Waals surface area contributed by atoms with Gasteiger partial charge in [-0.25, -0.2) is 4.79 Å². The molecule has 1 atom stereocenters. The summed E-state index contributed by atoms with van der Waals surface area (Å²) in [5.41, 5.74) is 2.49. The lowest BCUT2D eigenvalue weighted by Crippen LogP contribution is -2.12. The molecule has 0 saturated carbocycles. The second-order valence-corrected chi connectivity index (χ2v) is 5.03. The second kappa shape index (κ2) is 5.82. The highest BCUT2D eigenvalue weighted by molar-refractivity contribution is 5.38. The van der Waals surface area contributed by atoms with Gasteiger partial charge in [-0.1, -0.05) is 45.0 Å². The molecule has 3 nitrogen and oxygen atoms in total. The fraction of sp³-hybridized carbons (Fsp3) is 0.500. The van der Waals surface area contributed by atoms with E-state index < -0.39 is 6.29 Å². The topological polar surface area (TPSA) is 35.5 Å². The van der Waals surface area contributed by atoms with Crippen molar-refractivity contribution in [3.05, 3.63) is 35.4 Å². The second-order valence-electron chi connectivity index (χ2n) is 5.03. The Kier molecular flexibility index (Phi) is 4.70. The first-order valence-electron chi connectivity index (χ1n) is 5.67. The van der Waals surface area contributed by atoms with Crippen LogP contribution in [-0.4, -0.2) is 12.8 Å². The Bertz CT molecular complexity index is 349. The first-order chi connectivity index (χ1) is 7.93. The maximum Gasteiger partial charge on any atom is 0.419 e. The van der Waals surface area contributed by atoms with Crippen molar-refractivity contribution in [3.63, 3.8) is 0 Å². The van der Waals surface area contributed by atoms with Crippen molar-refractivity contribution in [1.82, 2.24) is 0 Å². The largest absolute Gasteiger partial charge is 0.428 e. The van der Waals surface area contributed by atoms with Crippen LogP contribution in [0.1, 0.15) is 38.8 Å². The molecule has 0 bridgehead atoms. The summed E-state index contributed by atoms with van der Waals surface area (Å²) in [6.07, 6.45) is -0.560. The number of rotatable bonds is 5. The van der Waals surface area contributed by atoms with E-state index in [4.69, 9.17) is 4.74 Å². The summed E-state index contributed by atoms with van der Waals surface area (Å²) in [5, 5.41) is 0. The predicted octanol–water partition coefficient (Wildman–Crippen LogP) is 2.93. The van der Waals surface area contributed by atoms with E-state index in [-0.39, 0.29) is 5.41 Å². The van der Waals surface area contributed by atoms with Crippen molar-refractivity contribution in [2.45, 2.75) is 46.0 Å². The third-order valence-electron chi connectivity index (χ3n) is 2.52. The molecule has 93 valence electrons. The van der Waals surface area contributed by atoms with Crippen molar-refractivity contribution < 1.29 is 14.3 Å². The molecule has 0 aromatic heterocycles. The Morgan fingerprint density at radius 2 is 1.82 bits per heavy atom. The molecule has 0 fully saturated rings. The number of carbonyl (C=O) groups excluding carboxylic acids is 1. The van der Waals surface area contributed by atoms with E-state index in [1.807, 2.05) is 12.1 Å². The molecule has 1 aromatic carbocycles. The molecule has 1 aromatic rings. The molecule has 0 aliphatic heterocycles. The molecule has 0 saturated heterocycles. The summed E-state index contributed by atoms with van der Waals surface area (Å²) < 4.78 is 9.82. The maximum atomic E-state index is 9.95. The Morgan fingerprint density at radius 1 is 1.24 bits per heavy atom. The van der Waals surface area contributed by atoms with E-state index in [1.54, 1.807) is 6.92 Å². The fourth-order valence-corrected chi connectivity index (χ4v) is 1.42. The maximum absolute atomic E-state index is 9.95. The number of hydrogen-bond donors (Lipinski definition) is 0. The molecular weight excluding hydrogens is 216 g/mol. The average Bonchev–Trinajstić information content (AvgIpc) is 2.26. The van der Waals surface area contributed by atoms with Gasteiger partial charge in [0.15, 0.2) is 0 Å². The van der Waals surface area contributed by atoms with Crippen molar-refractivity contribution in [2.24, 2.45) is 0 Å². The van der Waals surface area contributed by atoms with E-state index in [2.05, 4.69) is 37.6 Å². The molecule has 0 aliphatic rings. The van der Waals surface area contributed by atoms with Gasteiger partial charge in [0, 0.05) is 0 Å². The molecular formula is C14H19O3. The lowest BCUT2D eigenvalue weighted by molar-refractivity contribution is -0.0847. The molecule has 0 N–H and O–H groups in total. The minimum Gasteiger partial charge on any atom is -0.428 e. The van der Waals surface area contributed by atoms with E-state index in [0.717, 1.165) is 5.56 Å². The van der Waals surface area contributed by atoms with E-state index in [0.29, 0.717) is 6.61 Å². The minimum absolute atomic E-state index is 0.155. The monoisotopic (exact) mass is 235 g/mol. The molecule has 1 radical (unpaired) electrons. The quantitative estimate of drug-likeness (QED) is 0.736. The van der Waals surface area contributed by atoms with Crippen LogP contribution in [0.25, 0.3) is 0 Å². The van der Waals surface area contributed by atoms with E-state index in [1.165, 1.54) is 12.0 Å². The predicted molar refractivity (Wildman–Crippen MR) is 66.2 cm³/mol. The summed E-state index contributed by atoms with van der Waals surface area (Å²) >= 11 is 0. The molecule has 0 aliphatic carbocycles. The van der Waals surface area contributed by atoms with Crippen molar-refractivity contribution in [3.8, 4) is 0 Å². The molecule has 0 heterocycles. The summed E-state index contributed by atoms with van der Waals surface area (Å²) in [6.45, 7) is 9.97.